The lowest BCUT2D eigenvalue weighted by molar-refractivity contribution is 0.167. The Kier molecular flexibility index (Phi) is 5.22. The molecule has 1 aliphatic heterocycles. The summed E-state index contributed by atoms with van der Waals surface area (Å²) < 4.78 is 19.8. The lowest BCUT2D eigenvalue weighted by Gasteiger charge is -2.21. The van der Waals surface area contributed by atoms with Gasteiger partial charge in [-0.15, -0.1) is 0 Å². The van der Waals surface area contributed by atoms with Gasteiger partial charge in [-0.25, -0.2) is 18.6 Å². The van der Waals surface area contributed by atoms with Gasteiger partial charge in [-0.2, -0.15) is 0 Å². The van der Waals surface area contributed by atoms with Crippen LogP contribution in [0.3, 0.4) is 0 Å². The summed E-state index contributed by atoms with van der Waals surface area (Å²) in [5, 5.41) is 0. The van der Waals surface area contributed by atoms with Crippen molar-refractivity contribution in [3.63, 3.8) is 0 Å². The van der Waals surface area contributed by atoms with Crippen LogP contribution in [0, 0.1) is 12.0 Å². The monoisotopic (exact) mass is 320 g/mol. The zero-order valence-electron chi connectivity index (χ0n) is 13.0. The highest BCUT2D eigenvalue weighted by atomic mass is 32.2. The number of benzene rings is 1. The van der Waals surface area contributed by atoms with Gasteiger partial charge in [0.1, 0.15) is 12.6 Å². The summed E-state index contributed by atoms with van der Waals surface area (Å²) in [5.41, 5.74) is 0.903. The van der Waals surface area contributed by atoms with Crippen LogP contribution < -0.4 is 4.72 Å². The number of rotatable bonds is 3. The number of cyclic esters (lactones) is 1. The Morgan fingerprint density at radius 2 is 2.00 bits per heavy atom. The molecule has 0 saturated carbocycles. The van der Waals surface area contributed by atoms with Crippen molar-refractivity contribution in [3.8, 4) is 12.0 Å². The zero-order valence-corrected chi connectivity index (χ0v) is 13.8. The number of nitrogens with one attached hydrogen (secondary N) is 1. The maximum absolute atomic E-state index is 12.3. The first kappa shape index (κ1) is 16.5. The van der Waals surface area contributed by atoms with E-state index in [0.29, 0.717) is 13.2 Å². The molecule has 0 spiro atoms. The number of hydrogen-bond donors (Lipinski definition) is 1. The van der Waals surface area contributed by atoms with Crippen LogP contribution in [0.25, 0.3) is 0 Å². The van der Waals surface area contributed by atoms with Crippen LogP contribution in [-0.2, 0) is 15.7 Å². The highest BCUT2D eigenvalue weighted by Gasteiger charge is 2.24. The van der Waals surface area contributed by atoms with E-state index >= 15 is 0 Å². The second-order valence-corrected chi connectivity index (χ2v) is 7.86. The molecule has 0 aromatic heterocycles. The van der Waals surface area contributed by atoms with Gasteiger partial charge in [0.05, 0.1) is 22.3 Å². The van der Waals surface area contributed by atoms with Crippen LogP contribution in [0.2, 0.25) is 0 Å². The number of carbonyl (C=O) groups is 1. The van der Waals surface area contributed by atoms with E-state index in [1.165, 1.54) is 4.90 Å². The molecule has 0 radical (unpaired) electrons. The SMILES string of the molecule is CC(C)(C)S(=O)N[C@@H](C#CN1CCOC1=O)c1ccccc1. The van der Waals surface area contributed by atoms with Gasteiger partial charge < -0.3 is 4.74 Å². The van der Waals surface area contributed by atoms with Gasteiger partial charge in [0.2, 0.25) is 0 Å². The predicted octanol–water partition coefficient (Wildman–Crippen LogP) is 2.19. The van der Waals surface area contributed by atoms with Crippen molar-refractivity contribution in [1.82, 2.24) is 9.62 Å². The number of nitrogens with zero attached hydrogens (tertiary/aromatic N) is 1. The van der Waals surface area contributed by atoms with Crippen molar-refractivity contribution in [2.45, 2.75) is 31.6 Å². The average Bonchev–Trinajstić information content (AvgIpc) is 2.88. The highest BCUT2D eigenvalue weighted by Crippen LogP contribution is 2.17. The molecule has 1 fully saturated rings. The van der Waals surface area contributed by atoms with Crippen molar-refractivity contribution in [2.24, 2.45) is 0 Å². The fourth-order valence-electron chi connectivity index (χ4n) is 1.75. The second kappa shape index (κ2) is 6.95. The van der Waals surface area contributed by atoms with Gasteiger partial charge in [0.15, 0.2) is 0 Å². The molecule has 1 saturated heterocycles. The van der Waals surface area contributed by atoms with Crippen molar-refractivity contribution < 1.29 is 13.7 Å². The predicted molar refractivity (Wildman–Crippen MR) is 86.0 cm³/mol. The number of hydrogen-bond acceptors (Lipinski definition) is 3. The Balaban J connectivity index is 2.21. The maximum atomic E-state index is 12.3. The van der Waals surface area contributed by atoms with Crippen LogP contribution in [-0.4, -0.2) is 33.1 Å². The standard InChI is InChI=1S/C16H20N2O3S/c1-16(2,3)22(20)17-14(13-7-5-4-6-8-13)9-10-18-11-12-21-15(18)19/h4-8,14,17H,11-12H2,1-3H3/t14-,22?/m0/s1. The molecular weight excluding hydrogens is 300 g/mol. The molecule has 6 heteroatoms. The third kappa shape index (κ3) is 4.33. The topological polar surface area (TPSA) is 58.6 Å². The molecule has 0 aliphatic carbocycles. The quantitative estimate of drug-likeness (QED) is 0.869. The Morgan fingerprint density at radius 1 is 1.32 bits per heavy atom. The maximum Gasteiger partial charge on any atom is 0.421 e. The van der Waals surface area contributed by atoms with E-state index in [1.54, 1.807) is 0 Å². The summed E-state index contributed by atoms with van der Waals surface area (Å²) in [7, 11) is -1.27. The molecule has 2 atom stereocenters. The first-order valence-electron chi connectivity index (χ1n) is 7.06. The highest BCUT2D eigenvalue weighted by molar-refractivity contribution is 7.84. The van der Waals surface area contributed by atoms with Crippen molar-refractivity contribution in [3.05, 3.63) is 35.9 Å². The first-order chi connectivity index (χ1) is 10.4. The van der Waals surface area contributed by atoms with E-state index in [9.17, 15) is 9.00 Å². The Labute approximate surface area is 133 Å². The fraction of sp³-hybridized carbons (Fsp3) is 0.438. The molecule has 1 aromatic carbocycles. The van der Waals surface area contributed by atoms with E-state index in [4.69, 9.17) is 4.74 Å². The van der Waals surface area contributed by atoms with Crippen LogP contribution in [0.1, 0.15) is 32.4 Å². The molecule has 1 aliphatic rings. The molecule has 1 unspecified atom stereocenters. The zero-order chi connectivity index (χ0) is 16.2. The molecule has 1 aromatic rings. The molecule has 118 valence electrons. The molecule has 1 heterocycles. The summed E-state index contributed by atoms with van der Waals surface area (Å²) in [5.74, 6) is 2.98. The minimum Gasteiger partial charge on any atom is -0.447 e. The lowest BCUT2D eigenvalue weighted by Crippen LogP contribution is -2.35. The lowest BCUT2D eigenvalue weighted by atomic mass is 10.1. The minimum atomic E-state index is -1.27. The van der Waals surface area contributed by atoms with Crippen LogP contribution in [0.15, 0.2) is 30.3 Å². The third-order valence-corrected chi connectivity index (χ3v) is 4.58. The van der Waals surface area contributed by atoms with Crippen LogP contribution in [0.4, 0.5) is 4.79 Å². The second-order valence-electron chi connectivity index (χ2n) is 5.86. The smallest absolute Gasteiger partial charge is 0.421 e. The van der Waals surface area contributed by atoms with Gasteiger partial charge in [-0.3, -0.25) is 0 Å². The number of carbonyl (C=O) groups excluding carboxylic acids is 1. The van der Waals surface area contributed by atoms with Gasteiger partial charge in [-0.05, 0) is 26.3 Å². The summed E-state index contributed by atoms with van der Waals surface area (Å²) in [6.07, 6.45) is -0.434. The first-order valence-corrected chi connectivity index (χ1v) is 8.21. The molecule has 0 bridgehead atoms. The largest absolute Gasteiger partial charge is 0.447 e. The van der Waals surface area contributed by atoms with Gasteiger partial charge in [-0.1, -0.05) is 36.3 Å². The molecule has 22 heavy (non-hydrogen) atoms. The number of amides is 1. The van der Waals surface area contributed by atoms with Crippen LogP contribution >= 0.6 is 0 Å². The molecule has 1 N–H and O–H groups in total. The summed E-state index contributed by atoms with van der Waals surface area (Å²) in [6, 6.07) is 11.9. The van der Waals surface area contributed by atoms with Crippen molar-refractivity contribution in [2.75, 3.05) is 13.2 Å². The van der Waals surface area contributed by atoms with Gasteiger partial charge in [0, 0.05) is 6.04 Å². The molecule has 5 nitrogen and oxygen atoms in total. The van der Waals surface area contributed by atoms with E-state index in [0.717, 1.165) is 5.56 Å². The third-order valence-electron chi connectivity index (χ3n) is 3.02. The Bertz CT molecular complexity index is 614. The Hall–Kier alpha value is -1.84. The molecular formula is C16H20N2O3S. The summed E-state index contributed by atoms with van der Waals surface area (Å²) >= 11 is 0. The van der Waals surface area contributed by atoms with E-state index < -0.39 is 27.9 Å². The van der Waals surface area contributed by atoms with Gasteiger partial charge in [0.25, 0.3) is 0 Å². The van der Waals surface area contributed by atoms with Crippen LogP contribution in [0.5, 0.6) is 0 Å². The molecule has 2 rings (SSSR count). The summed E-state index contributed by atoms with van der Waals surface area (Å²) in [4.78, 5) is 12.8. The van der Waals surface area contributed by atoms with E-state index in [2.05, 4.69) is 16.7 Å². The van der Waals surface area contributed by atoms with E-state index in [1.807, 2.05) is 51.1 Å². The summed E-state index contributed by atoms with van der Waals surface area (Å²) in [6.45, 7) is 6.48. The minimum absolute atomic E-state index is 0.352. The van der Waals surface area contributed by atoms with Gasteiger partial charge >= 0.3 is 6.09 Å². The van der Waals surface area contributed by atoms with E-state index in [-0.39, 0.29) is 0 Å². The van der Waals surface area contributed by atoms with Crippen molar-refractivity contribution in [1.29, 1.82) is 0 Å². The normalized spacial score (nSPS) is 17.4. The average molecular weight is 320 g/mol. The Morgan fingerprint density at radius 3 is 2.55 bits per heavy atom. The fourth-order valence-corrected chi connectivity index (χ4v) is 2.51. The molecule has 1 amide bonds. The number of ether oxygens (including phenoxy) is 1. The van der Waals surface area contributed by atoms with Crippen molar-refractivity contribution >= 4 is 17.1 Å².